The molecule has 0 radical (unpaired) electrons. The minimum absolute atomic E-state index is 0.236. The molecule has 3 N–H and O–H groups in total. The number of nitrogens with one attached hydrogen (secondary N) is 3. The van der Waals surface area contributed by atoms with Gasteiger partial charge in [-0.2, -0.15) is 5.10 Å². The van der Waals surface area contributed by atoms with E-state index in [9.17, 15) is 14.4 Å². The zero-order valence-corrected chi connectivity index (χ0v) is 17.5. The summed E-state index contributed by atoms with van der Waals surface area (Å²) in [4.78, 5) is 35.4. The van der Waals surface area contributed by atoms with Crippen molar-refractivity contribution in [2.75, 3.05) is 20.3 Å². The summed E-state index contributed by atoms with van der Waals surface area (Å²) >= 11 is 0. The van der Waals surface area contributed by atoms with Crippen molar-refractivity contribution in [3.8, 4) is 11.5 Å². The Labute approximate surface area is 180 Å². The molecule has 2 aromatic rings. The summed E-state index contributed by atoms with van der Waals surface area (Å²) in [6, 6.07) is 14.6. The predicted molar refractivity (Wildman–Crippen MR) is 116 cm³/mol. The summed E-state index contributed by atoms with van der Waals surface area (Å²) in [5, 5.41) is 9.01. The molecule has 9 heteroatoms. The molecular weight excluding hydrogens is 400 g/mol. The zero-order chi connectivity index (χ0) is 22.5. The lowest BCUT2D eigenvalue weighted by Crippen LogP contribution is -2.38. The molecule has 0 aliphatic heterocycles. The van der Waals surface area contributed by atoms with Gasteiger partial charge in [0.05, 0.1) is 13.3 Å². The van der Waals surface area contributed by atoms with Gasteiger partial charge < -0.3 is 20.1 Å². The fourth-order valence-electron chi connectivity index (χ4n) is 2.46. The Bertz CT molecular complexity index is 915. The first kappa shape index (κ1) is 23.4. The van der Waals surface area contributed by atoms with Gasteiger partial charge in [-0.25, -0.2) is 5.43 Å². The van der Waals surface area contributed by atoms with Crippen LogP contribution in [0.4, 0.5) is 0 Å². The van der Waals surface area contributed by atoms with Crippen molar-refractivity contribution in [1.82, 2.24) is 16.1 Å². The summed E-state index contributed by atoms with van der Waals surface area (Å²) < 4.78 is 10.9. The van der Waals surface area contributed by atoms with E-state index in [1.165, 1.54) is 13.3 Å². The first-order valence-electron chi connectivity index (χ1n) is 9.76. The number of hydrogen-bond acceptors (Lipinski definition) is 6. The minimum atomic E-state index is -0.879. The van der Waals surface area contributed by atoms with Crippen molar-refractivity contribution >= 4 is 23.9 Å². The van der Waals surface area contributed by atoms with Crippen LogP contribution in [0.15, 0.2) is 53.6 Å². The number of benzene rings is 2. The molecule has 0 fully saturated rings. The maximum Gasteiger partial charge on any atom is 0.329 e. The molecule has 164 valence electrons. The van der Waals surface area contributed by atoms with Crippen LogP contribution in [0.3, 0.4) is 0 Å². The van der Waals surface area contributed by atoms with Gasteiger partial charge in [-0.05, 0) is 24.1 Å². The van der Waals surface area contributed by atoms with Crippen molar-refractivity contribution in [2.45, 2.75) is 19.9 Å². The monoisotopic (exact) mass is 426 g/mol. The van der Waals surface area contributed by atoms with Gasteiger partial charge in [0, 0.05) is 18.7 Å². The van der Waals surface area contributed by atoms with E-state index in [0.29, 0.717) is 30.8 Å². The van der Waals surface area contributed by atoms with Crippen LogP contribution in [0.25, 0.3) is 0 Å². The quantitative estimate of drug-likeness (QED) is 0.301. The molecule has 2 aromatic carbocycles. The normalized spacial score (nSPS) is 10.4. The first-order valence-corrected chi connectivity index (χ1v) is 9.76. The second-order valence-corrected chi connectivity index (χ2v) is 6.38. The molecule has 31 heavy (non-hydrogen) atoms. The van der Waals surface area contributed by atoms with Gasteiger partial charge in [-0.1, -0.05) is 43.3 Å². The molecule has 0 bridgehead atoms. The molecular formula is C22H26N4O5. The molecule has 3 amide bonds. The van der Waals surface area contributed by atoms with Crippen molar-refractivity contribution < 1.29 is 23.9 Å². The Morgan fingerprint density at radius 1 is 1.00 bits per heavy atom. The average Bonchev–Trinajstić information content (AvgIpc) is 2.80. The third kappa shape index (κ3) is 7.81. The lowest BCUT2D eigenvalue weighted by molar-refractivity contribution is -0.139. The minimum Gasteiger partial charge on any atom is -0.493 e. The van der Waals surface area contributed by atoms with Crippen LogP contribution in [0.2, 0.25) is 0 Å². The number of ether oxygens (including phenoxy) is 2. The van der Waals surface area contributed by atoms with Crippen LogP contribution in [0.5, 0.6) is 11.5 Å². The van der Waals surface area contributed by atoms with E-state index >= 15 is 0 Å². The van der Waals surface area contributed by atoms with Crippen LogP contribution >= 0.6 is 0 Å². The first-order chi connectivity index (χ1) is 15.0. The summed E-state index contributed by atoms with van der Waals surface area (Å²) in [5.41, 5.74) is 3.59. The van der Waals surface area contributed by atoms with Crippen LogP contribution < -0.4 is 25.5 Å². The fourth-order valence-corrected chi connectivity index (χ4v) is 2.46. The number of para-hydroxylation sites is 1. The highest BCUT2D eigenvalue weighted by molar-refractivity contribution is 6.35. The lowest BCUT2D eigenvalue weighted by atomic mass is 10.2. The number of carbonyl (C=O) groups is 3. The van der Waals surface area contributed by atoms with Gasteiger partial charge in [-0.3, -0.25) is 14.4 Å². The van der Waals surface area contributed by atoms with Crippen molar-refractivity contribution in [3.05, 3.63) is 59.7 Å². The van der Waals surface area contributed by atoms with Crippen LogP contribution in [-0.2, 0) is 20.9 Å². The Hall–Kier alpha value is -3.88. The molecule has 0 heterocycles. The molecule has 0 unspecified atom stereocenters. The zero-order valence-electron chi connectivity index (χ0n) is 17.5. The number of rotatable bonds is 10. The Kier molecular flexibility index (Phi) is 9.54. The van der Waals surface area contributed by atoms with Gasteiger partial charge in [0.1, 0.15) is 0 Å². The number of nitrogens with zero attached hydrogens (tertiary/aromatic N) is 1. The van der Waals surface area contributed by atoms with E-state index in [2.05, 4.69) is 21.2 Å². The highest BCUT2D eigenvalue weighted by Gasteiger charge is 2.13. The number of amides is 3. The van der Waals surface area contributed by atoms with E-state index in [1.807, 2.05) is 37.3 Å². The van der Waals surface area contributed by atoms with E-state index in [1.54, 1.807) is 18.2 Å². The summed E-state index contributed by atoms with van der Waals surface area (Å²) in [7, 11) is 1.47. The van der Waals surface area contributed by atoms with Gasteiger partial charge >= 0.3 is 11.8 Å². The number of carbonyl (C=O) groups excluding carboxylic acids is 3. The maximum absolute atomic E-state index is 12.2. The predicted octanol–water partition coefficient (Wildman–Crippen LogP) is 1.37. The van der Waals surface area contributed by atoms with Crippen LogP contribution in [-0.4, -0.2) is 44.2 Å². The molecule has 0 atom stereocenters. The SMILES string of the molecule is CCCNC(=O)C(=O)N/N=C\c1cccc(OC)c1OCC(=O)NCc1ccccc1. The number of hydrazone groups is 1. The van der Waals surface area contributed by atoms with Gasteiger partial charge in [0.2, 0.25) is 0 Å². The Morgan fingerprint density at radius 2 is 1.77 bits per heavy atom. The van der Waals surface area contributed by atoms with Crippen molar-refractivity contribution in [1.29, 1.82) is 0 Å². The van der Waals surface area contributed by atoms with E-state index in [-0.39, 0.29) is 18.3 Å². The Morgan fingerprint density at radius 3 is 2.48 bits per heavy atom. The molecule has 0 spiro atoms. The highest BCUT2D eigenvalue weighted by atomic mass is 16.5. The smallest absolute Gasteiger partial charge is 0.329 e. The lowest BCUT2D eigenvalue weighted by Gasteiger charge is -2.13. The van der Waals surface area contributed by atoms with E-state index in [4.69, 9.17) is 9.47 Å². The van der Waals surface area contributed by atoms with E-state index in [0.717, 1.165) is 5.56 Å². The highest BCUT2D eigenvalue weighted by Crippen LogP contribution is 2.30. The molecule has 0 aliphatic rings. The number of hydrogen-bond donors (Lipinski definition) is 3. The second-order valence-electron chi connectivity index (χ2n) is 6.38. The topological polar surface area (TPSA) is 118 Å². The van der Waals surface area contributed by atoms with Gasteiger partial charge in [0.25, 0.3) is 5.91 Å². The van der Waals surface area contributed by atoms with Crippen LogP contribution in [0.1, 0.15) is 24.5 Å². The molecule has 0 aromatic heterocycles. The largest absolute Gasteiger partial charge is 0.493 e. The molecule has 0 saturated heterocycles. The third-order valence-corrected chi connectivity index (χ3v) is 4.02. The molecule has 2 rings (SSSR count). The molecule has 0 saturated carbocycles. The van der Waals surface area contributed by atoms with Crippen molar-refractivity contribution in [3.63, 3.8) is 0 Å². The number of methoxy groups -OCH3 is 1. The Balaban J connectivity index is 1.97. The summed E-state index contributed by atoms with van der Waals surface area (Å²) in [6.07, 6.45) is 2.02. The van der Waals surface area contributed by atoms with Gasteiger partial charge in [0.15, 0.2) is 18.1 Å². The van der Waals surface area contributed by atoms with Crippen molar-refractivity contribution in [2.24, 2.45) is 5.10 Å². The standard InChI is InChI=1S/C22H26N4O5/c1-3-12-23-21(28)22(29)26-25-14-17-10-7-11-18(30-2)20(17)31-15-19(27)24-13-16-8-5-4-6-9-16/h4-11,14H,3,12-13,15H2,1-2H3,(H,23,28)(H,24,27)(H,26,29)/b25-14-. The maximum atomic E-state index is 12.2. The van der Waals surface area contributed by atoms with Gasteiger partial charge in [-0.15, -0.1) is 0 Å². The van der Waals surface area contributed by atoms with E-state index < -0.39 is 11.8 Å². The summed E-state index contributed by atoms with van der Waals surface area (Å²) in [6.45, 7) is 2.42. The molecule has 0 aliphatic carbocycles. The second kappa shape index (κ2) is 12.6. The fraction of sp³-hybridized carbons (Fsp3) is 0.273. The van der Waals surface area contributed by atoms with Crippen LogP contribution in [0, 0.1) is 0 Å². The summed E-state index contributed by atoms with van der Waals surface area (Å²) in [5.74, 6) is -1.27. The average molecular weight is 426 g/mol. The molecule has 9 nitrogen and oxygen atoms in total. The third-order valence-electron chi connectivity index (χ3n) is 4.02.